The lowest BCUT2D eigenvalue weighted by Crippen LogP contribution is -2.57. The van der Waals surface area contributed by atoms with Crippen LogP contribution < -0.4 is 0 Å². The number of ketones is 3. The molecule has 8 atom stereocenters. The summed E-state index contributed by atoms with van der Waals surface area (Å²) >= 11 is 0. The van der Waals surface area contributed by atoms with E-state index >= 15 is 0 Å². The van der Waals surface area contributed by atoms with E-state index in [4.69, 9.17) is 18.9 Å². The van der Waals surface area contributed by atoms with Crippen LogP contribution in [0.1, 0.15) is 164 Å². The van der Waals surface area contributed by atoms with Crippen LogP contribution in [0.5, 0.6) is 0 Å². The molecule has 0 radical (unpaired) electrons. The van der Waals surface area contributed by atoms with Gasteiger partial charge < -0.3 is 28.4 Å². The van der Waals surface area contributed by atoms with Crippen LogP contribution in [0.4, 0.5) is 35.1 Å². The standard InChI is InChI=1S/2C18H15S.C14H20F2O2.C13H16F2O3.2C12H15OS.C11H12F2O4.C7H8F2O4/c2*1-4-10-16(11-5-1)19(17-12-6-2-7-13-17)18-14-8-3-9-15-18;1-13(15,16)12(17)18-8-14-5-9-2-10(6-14)4-11(3-9)7-14;1-12(14,15)11(17)18-13-4-7-2-8(5-13)10(16)9(3-7)6-13;2*13-12(10-14-8-4-5-9-14)11-6-2-1-3-7-11;1-11(12,13)10(15)17-7-4-2-5-6(3-4)9(14)16-8(5)7;1-7(8,9)6(11)13-4-2-5(10)12-3-4/h2*1-15H;9-11H,2-8H2,1H3;7-9H,2-6H2,1H3;2*1-3,6-7H,4-5,8-10H2;4-8H,2-3H2,1H3;4H,2-3H2,1H3/q2*+1;;;2*+1;;. The number of alkyl halides is 8. The molecule has 4 aliphatic heterocycles. The van der Waals surface area contributed by atoms with Crippen LogP contribution in [0, 0.1) is 58.7 Å². The third kappa shape index (κ3) is 27.4. The molecule has 14 aliphatic rings. The molecule has 132 heavy (non-hydrogen) atoms. The summed E-state index contributed by atoms with van der Waals surface area (Å²) in [5.41, 5.74) is 0.996. The van der Waals surface area contributed by atoms with Gasteiger partial charge in [0.25, 0.3) is 0 Å². The molecule has 0 N–H and O–H groups in total. The first-order chi connectivity index (χ1) is 63.0. The molecule has 4 saturated heterocycles. The molecule has 14 fully saturated rings. The van der Waals surface area contributed by atoms with Crippen LogP contribution >= 0.6 is 0 Å². The largest absolute Gasteiger partial charge is 0.462 e. The molecular weight excluding hydrogens is 1780 g/mol. The second-order valence-corrected chi connectivity index (χ2v) is 45.6. The van der Waals surface area contributed by atoms with Gasteiger partial charge in [-0.25, -0.2) is 19.2 Å². The molecule has 8 aromatic rings. The number of rotatable bonds is 21. The van der Waals surface area contributed by atoms with Crippen molar-refractivity contribution < 1.29 is 107 Å². The highest BCUT2D eigenvalue weighted by Gasteiger charge is 2.64. The van der Waals surface area contributed by atoms with Gasteiger partial charge in [0.15, 0.2) is 40.9 Å². The van der Waals surface area contributed by atoms with Crippen LogP contribution in [-0.2, 0) is 106 Å². The molecule has 15 nitrogen and oxygen atoms in total. The number of hydrogen-bond acceptors (Lipinski definition) is 15. The Balaban J connectivity index is 0.000000129. The van der Waals surface area contributed by atoms with Crippen molar-refractivity contribution in [3.63, 3.8) is 0 Å². The maximum atomic E-state index is 12.9. The Kier molecular flexibility index (Phi) is 34.2. The number of ether oxygens (including phenoxy) is 6. The summed E-state index contributed by atoms with van der Waals surface area (Å²) in [6.45, 7) is 2.17. The third-order valence-corrected chi connectivity index (χ3v) is 35.3. The van der Waals surface area contributed by atoms with Crippen molar-refractivity contribution in [2.24, 2.45) is 58.7 Å². The van der Waals surface area contributed by atoms with Crippen LogP contribution in [-0.4, -0.2) is 148 Å². The van der Waals surface area contributed by atoms with Crippen LogP contribution in [0.15, 0.2) is 272 Å². The van der Waals surface area contributed by atoms with Gasteiger partial charge in [-0.1, -0.05) is 170 Å². The number of halogens is 8. The van der Waals surface area contributed by atoms with E-state index in [1.54, 1.807) is 0 Å². The number of hydrogen-bond donors (Lipinski definition) is 0. The fourth-order valence-corrected chi connectivity index (χ4v) is 29.4. The molecule has 4 heterocycles. The molecule has 8 aromatic carbocycles. The number of carbonyl (C=O) groups is 9. The van der Waals surface area contributed by atoms with Crippen molar-refractivity contribution >= 4 is 96.7 Å². The smallest absolute Gasteiger partial charge is 0.377 e. The number of benzene rings is 8. The van der Waals surface area contributed by atoms with Gasteiger partial charge in [-0.15, -0.1) is 0 Å². The van der Waals surface area contributed by atoms with Crippen LogP contribution in [0.3, 0.4) is 0 Å². The van der Waals surface area contributed by atoms with Crippen molar-refractivity contribution in [3.05, 3.63) is 254 Å². The molecule has 22 rings (SSSR count). The summed E-state index contributed by atoms with van der Waals surface area (Å²) in [5.74, 6) is -10.7. The maximum Gasteiger partial charge on any atom is 0.377 e. The van der Waals surface area contributed by atoms with Crippen LogP contribution in [0.25, 0.3) is 0 Å². The Labute approximate surface area is 778 Å². The van der Waals surface area contributed by atoms with Gasteiger partial charge in [-0.05, 0) is 227 Å². The first-order valence-electron chi connectivity index (χ1n) is 45.5. The van der Waals surface area contributed by atoms with Gasteiger partial charge in [0.1, 0.15) is 59.3 Å². The molecule has 8 unspecified atom stereocenters. The van der Waals surface area contributed by atoms with E-state index in [0.717, 1.165) is 78.9 Å². The van der Waals surface area contributed by atoms with Gasteiger partial charge >= 0.3 is 59.5 Å². The van der Waals surface area contributed by atoms with Gasteiger partial charge in [0.05, 0.1) is 40.7 Å². The zero-order valence-corrected chi connectivity index (χ0v) is 78.0. The van der Waals surface area contributed by atoms with Gasteiger partial charge in [0.2, 0.25) is 11.6 Å². The molecule has 0 spiro atoms. The fraction of sp³-hybridized carbons (Fsp3) is 0.457. The summed E-state index contributed by atoms with van der Waals surface area (Å²) in [6.07, 6.45) is 14.8. The summed E-state index contributed by atoms with van der Waals surface area (Å²) < 4.78 is 130. The summed E-state index contributed by atoms with van der Waals surface area (Å²) in [6, 6.07) is 83.6. The van der Waals surface area contributed by atoms with E-state index in [-0.39, 0.29) is 88.2 Å². The zero-order valence-electron chi connectivity index (χ0n) is 74.7. The fourth-order valence-electron chi connectivity index (χ4n) is 20.7. The number of Topliss-reactive ketones (excluding diaryl/α,β-unsaturated/α-hetero) is 3. The van der Waals surface area contributed by atoms with Crippen molar-refractivity contribution in [3.8, 4) is 0 Å². The Bertz CT molecular complexity index is 4710. The van der Waals surface area contributed by atoms with E-state index in [1.165, 1.54) is 97.3 Å². The normalized spacial score (nSPS) is 25.9. The molecule has 702 valence electrons. The molecule has 10 aliphatic carbocycles. The lowest BCUT2D eigenvalue weighted by molar-refractivity contribution is -0.207. The molecular formula is C105H116F8O15S4+4. The SMILES string of the molecule is CC(F)(F)C(=O)OC12CC3CC(C1)C(=O)C(C3)C2.CC(F)(F)C(=O)OC1C2CC3C(=O)OC1C3C2.CC(F)(F)C(=O)OC1COC(=O)C1.CC(F)(F)C(=O)OCC12CC3CC(CC(C3)C1)C2.O=C(C[S+]1CCCC1)c1ccccc1.O=C(C[S+]1CCCC1)c1ccccc1.c1ccc([S+](c2ccccc2)c2ccccc2)cc1.c1ccc([S+](c2ccccc2)c2ccccc2)cc1. The van der Waals surface area contributed by atoms with E-state index < -0.39 is 77.4 Å². The maximum absolute atomic E-state index is 12.9. The highest BCUT2D eigenvalue weighted by molar-refractivity contribution is 7.98. The molecule has 0 amide bonds. The van der Waals surface area contributed by atoms with Crippen molar-refractivity contribution in [1.29, 1.82) is 0 Å². The highest BCUT2D eigenvalue weighted by Crippen LogP contribution is 2.61. The molecule has 10 saturated carbocycles. The number of carbonyl (C=O) groups excluding carboxylic acids is 9. The minimum absolute atomic E-state index is 0.00671. The van der Waals surface area contributed by atoms with E-state index in [1.807, 2.05) is 60.7 Å². The Morgan fingerprint density at radius 2 is 0.750 bits per heavy atom. The highest BCUT2D eigenvalue weighted by atomic mass is 32.2. The Hall–Kier alpha value is -9.57. The minimum Gasteiger partial charge on any atom is -0.462 e. The van der Waals surface area contributed by atoms with Gasteiger partial charge in [-0.2, -0.15) is 35.1 Å². The van der Waals surface area contributed by atoms with E-state index in [9.17, 15) is 78.3 Å². The molecule has 27 heteroatoms. The second-order valence-electron chi connectivity index (χ2n) is 36.9. The average molecular weight is 1900 g/mol. The topological polar surface area (TPSA) is 209 Å². The number of cyclic esters (lactones) is 1. The third-order valence-electron chi connectivity index (χ3n) is 26.1. The monoisotopic (exact) mass is 1900 g/mol. The molecule has 10 bridgehead atoms. The van der Waals surface area contributed by atoms with Crippen LogP contribution in [0.2, 0.25) is 0 Å². The number of fused-ring (bicyclic) bond motifs is 1. The lowest BCUT2D eigenvalue weighted by atomic mass is 9.50. The average Bonchev–Trinajstić information content (AvgIpc) is 1.53. The predicted octanol–water partition coefficient (Wildman–Crippen LogP) is 21.5. The Morgan fingerprint density at radius 3 is 1.09 bits per heavy atom. The van der Waals surface area contributed by atoms with E-state index in [2.05, 4.69) is 191 Å². The number of esters is 6. The lowest BCUT2D eigenvalue weighted by Gasteiger charge is -2.56. The summed E-state index contributed by atoms with van der Waals surface area (Å²) in [7, 11) is 0.756. The first-order valence-corrected chi connectivity index (χ1v) is 51.4. The van der Waals surface area contributed by atoms with Gasteiger partial charge in [0, 0.05) is 67.9 Å². The minimum atomic E-state index is -3.52. The van der Waals surface area contributed by atoms with Crippen molar-refractivity contribution in [2.75, 3.05) is 47.7 Å². The quantitative estimate of drug-likeness (QED) is 0.0215. The predicted molar refractivity (Wildman–Crippen MR) is 493 cm³/mol. The molecule has 0 aromatic heterocycles. The van der Waals surface area contributed by atoms with Gasteiger partial charge in [-0.3, -0.25) is 24.0 Å². The summed E-state index contributed by atoms with van der Waals surface area (Å²) in [4.78, 5) is 110. The van der Waals surface area contributed by atoms with Crippen molar-refractivity contribution in [2.45, 2.75) is 220 Å². The first kappa shape index (κ1) is 99.9. The zero-order chi connectivity index (χ0) is 94.0. The van der Waals surface area contributed by atoms with Crippen molar-refractivity contribution in [1.82, 2.24) is 0 Å². The van der Waals surface area contributed by atoms with E-state index in [0.29, 0.717) is 92.7 Å². The summed E-state index contributed by atoms with van der Waals surface area (Å²) in [5, 5.41) is 0. The Morgan fingerprint density at radius 1 is 0.409 bits per heavy atom. The second kappa shape index (κ2) is 45.2.